The summed E-state index contributed by atoms with van der Waals surface area (Å²) in [5.41, 5.74) is 1.37. The first-order valence-corrected chi connectivity index (χ1v) is 10.3. The summed E-state index contributed by atoms with van der Waals surface area (Å²) in [6.07, 6.45) is -7.20. The third-order valence-electron chi connectivity index (χ3n) is 3.16. The minimum absolute atomic E-state index is 0.158. The fraction of sp³-hybridized carbons (Fsp3) is 0.250. The lowest BCUT2D eigenvalue weighted by molar-refractivity contribution is -0.167. The first kappa shape index (κ1) is 21.1. The highest BCUT2D eigenvalue weighted by molar-refractivity contribution is 7.33. The lowest BCUT2D eigenvalue weighted by atomic mass is 10.1. The van der Waals surface area contributed by atoms with Crippen molar-refractivity contribution in [3.63, 3.8) is 0 Å². The van der Waals surface area contributed by atoms with Gasteiger partial charge in [-0.3, -0.25) is 4.57 Å². The van der Waals surface area contributed by atoms with Crippen LogP contribution in [0.5, 0.6) is 0 Å². The molecule has 142 valence electrons. The van der Waals surface area contributed by atoms with Gasteiger partial charge in [-0.05, 0) is 69.8 Å². The maximum atomic E-state index is 13.8. The van der Waals surface area contributed by atoms with E-state index in [9.17, 15) is 22.1 Å². The average molecular weight is 426 g/mol. The molecule has 0 saturated carbocycles. The molecular formula is C16H15F4O3PS2. The van der Waals surface area contributed by atoms with Crippen molar-refractivity contribution in [1.29, 1.82) is 0 Å². The molecule has 0 bridgehead atoms. The number of hydrogen-bond acceptors (Lipinski definition) is 5. The second kappa shape index (κ2) is 8.63. The predicted molar refractivity (Wildman–Crippen MR) is 97.0 cm³/mol. The highest BCUT2D eigenvalue weighted by Crippen LogP contribution is 2.41. The Bertz CT molecular complexity index is 733. The average Bonchev–Trinajstić information content (AvgIpc) is 3.18. The maximum absolute atomic E-state index is 13.8. The van der Waals surface area contributed by atoms with Gasteiger partial charge in [0.25, 0.3) is 0 Å². The Labute approximate surface area is 156 Å². The van der Waals surface area contributed by atoms with Gasteiger partial charge in [-0.2, -0.15) is 40.2 Å². The third-order valence-corrected chi connectivity index (χ3v) is 5.41. The van der Waals surface area contributed by atoms with Crippen molar-refractivity contribution in [3.8, 4) is 0 Å². The molecule has 0 N–H and O–H groups in total. The van der Waals surface area contributed by atoms with Crippen molar-refractivity contribution in [2.75, 3.05) is 0 Å². The molecule has 0 aliphatic heterocycles. The molecule has 0 aliphatic rings. The van der Waals surface area contributed by atoms with E-state index in [2.05, 4.69) is 9.05 Å². The van der Waals surface area contributed by atoms with Gasteiger partial charge in [0, 0.05) is 12.2 Å². The van der Waals surface area contributed by atoms with Gasteiger partial charge in [-0.1, -0.05) is 0 Å². The van der Waals surface area contributed by atoms with Crippen LogP contribution in [0.1, 0.15) is 25.0 Å². The monoisotopic (exact) mass is 426 g/mol. The summed E-state index contributed by atoms with van der Waals surface area (Å²) in [5.74, 6) is 0. The molecule has 0 aromatic carbocycles. The highest BCUT2D eigenvalue weighted by Gasteiger charge is 2.36. The van der Waals surface area contributed by atoms with Crippen LogP contribution in [0.3, 0.4) is 0 Å². The maximum Gasteiger partial charge on any atom is 0.383 e. The summed E-state index contributed by atoms with van der Waals surface area (Å²) in [7, 11) is -4.16. The van der Waals surface area contributed by atoms with Gasteiger partial charge in [0.1, 0.15) is 0 Å². The first-order valence-electron chi connectivity index (χ1n) is 7.20. The Hall–Kier alpha value is -1.25. The van der Waals surface area contributed by atoms with E-state index in [0.717, 1.165) is 0 Å². The standard InChI is InChI=1S/C16H15F4O3PS2/c1-11(13-3-5-25-9-13)7-15(17,18)22-24(21)23-16(19,20)8-12(2)14-4-6-26-10-14/h3-10,24H,1-2H3. The van der Waals surface area contributed by atoms with Crippen LogP contribution in [0, 0.1) is 0 Å². The molecule has 0 fully saturated rings. The lowest BCUT2D eigenvalue weighted by Crippen LogP contribution is -2.18. The molecule has 0 unspecified atom stereocenters. The Morgan fingerprint density at radius 1 is 0.923 bits per heavy atom. The zero-order chi connectivity index (χ0) is 19.4. The molecule has 0 spiro atoms. The van der Waals surface area contributed by atoms with E-state index < -0.39 is 20.5 Å². The van der Waals surface area contributed by atoms with Crippen molar-refractivity contribution in [1.82, 2.24) is 0 Å². The SMILES string of the molecule is CC(=CC(F)(F)O[PH](=O)OC(F)(F)C=C(C)c1ccsc1)c1ccsc1. The molecule has 0 aliphatic carbocycles. The van der Waals surface area contributed by atoms with E-state index in [-0.39, 0.29) is 11.1 Å². The second-order valence-corrected chi connectivity index (χ2v) is 7.72. The van der Waals surface area contributed by atoms with Crippen LogP contribution in [0.25, 0.3) is 11.1 Å². The molecule has 0 saturated heterocycles. The number of rotatable bonds is 8. The van der Waals surface area contributed by atoms with E-state index in [0.29, 0.717) is 23.3 Å². The number of alkyl halides is 4. The summed E-state index contributed by atoms with van der Waals surface area (Å²) in [5, 5.41) is 6.65. The molecule has 2 rings (SSSR count). The Morgan fingerprint density at radius 2 is 1.31 bits per heavy atom. The molecule has 0 radical (unpaired) electrons. The van der Waals surface area contributed by atoms with Crippen molar-refractivity contribution in [2.24, 2.45) is 0 Å². The van der Waals surface area contributed by atoms with Gasteiger partial charge in [0.15, 0.2) is 0 Å². The van der Waals surface area contributed by atoms with Crippen LogP contribution in [0.2, 0.25) is 0 Å². The second-order valence-electron chi connectivity index (χ2n) is 5.26. The smallest absolute Gasteiger partial charge is 0.263 e. The molecular weight excluding hydrogens is 411 g/mol. The highest BCUT2D eigenvalue weighted by atomic mass is 32.1. The normalized spacial score (nSPS) is 15.3. The number of hydrogen-bond donors (Lipinski definition) is 0. The van der Waals surface area contributed by atoms with Crippen molar-refractivity contribution in [3.05, 3.63) is 56.9 Å². The van der Waals surface area contributed by atoms with Crippen LogP contribution in [0.4, 0.5) is 17.6 Å². The summed E-state index contributed by atoms with van der Waals surface area (Å²) < 4.78 is 74.5. The molecule has 2 heterocycles. The van der Waals surface area contributed by atoms with E-state index in [4.69, 9.17) is 0 Å². The fourth-order valence-electron chi connectivity index (χ4n) is 1.95. The lowest BCUT2D eigenvalue weighted by Gasteiger charge is -2.17. The van der Waals surface area contributed by atoms with Crippen molar-refractivity contribution >= 4 is 42.1 Å². The molecule has 0 amide bonds. The molecule has 10 heteroatoms. The topological polar surface area (TPSA) is 35.5 Å². The number of thiophene rings is 2. The zero-order valence-corrected chi connectivity index (χ0v) is 16.3. The van der Waals surface area contributed by atoms with Crippen LogP contribution < -0.4 is 0 Å². The van der Waals surface area contributed by atoms with Gasteiger partial charge >= 0.3 is 20.5 Å². The van der Waals surface area contributed by atoms with Crippen LogP contribution >= 0.6 is 30.9 Å². The molecule has 0 atom stereocenters. The summed E-state index contributed by atoms with van der Waals surface area (Å²) >= 11 is 2.62. The molecule has 2 aromatic heterocycles. The van der Waals surface area contributed by atoms with Gasteiger partial charge < -0.3 is 0 Å². The number of halogens is 4. The summed E-state index contributed by atoms with van der Waals surface area (Å²) in [4.78, 5) is 0. The van der Waals surface area contributed by atoms with E-state index in [1.54, 1.807) is 33.7 Å². The molecule has 3 nitrogen and oxygen atoms in total. The van der Waals surface area contributed by atoms with E-state index >= 15 is 0 Å². The molecule has 26 heavy (non-hydrogen) atoms. The van der Waals surface area contributed by atoms with Crippen molar-refractivity contribution in [2.45, 2.75) is 26.1 Å². The van der Waals surface area contributed by atoms with Crippen LogP contribution in [0.15, 0.2) is 45.8 Å². The fourth-order valence-corrected chi connectivity index (χ4v) is 3.98. The van der Waals surface area contributed by atoms with Crippen molar-refractivity contribution < 1.29 is 31.2 Å². The van der Waals surface area contributed by atoms with E-state index in [1.807, 2.05) is 0 Å². The van der Waals surface area contributed by atoms with Gasteiger partial charge in [0.2, 0.25) is 0 Å². The van der Waals surface area contributed by atoms with Crippen LogP contribution in [-0.4, -0.2) is 12.2 Å². The Balaban J connectivity index is 2.02. The zero-order valence-electron chi connectivity index (χ0n) is 13.7. The summed E-state index contributed by atoms with van der Waals surface area (Å²) in [6.45, 7) is 2.80. The Kier molecular flexibility index (Phi) is 6.99. The quantitative estimate of drug-likeness (QED) is 0.339. The predicted octanol–water partition coefficient (Wildman–Crippen LogP) is 6.92. The first-order chi connectivity index (χ1) is 12.1. The minimum atomic E-state index is -4.16. The van der Waals surface area contributed by atoms with Crippen LogP contribution in [-0.2, 0) is 13.6 Å². The Morgan fingerprint density at radius 3 is 1.62 bits per heavy atom. The van der Waals surface area contributed by atoms with Gasteiger partial charge in [-0.15, -0.1) is 0 Å². The van der Waals surface area contributed by atoms with E-state index in [1.165, 1.54) is 36.5 Å². The summed E-state index contributed by atoms with van der Waals surface area (Å²) in [6, 6.07) is 3.22. The van der Waals surface area contributed by atoms with Gasteiger partial charge in [-0.25, -0.2) is 9.05 Å². The third kappa shape index (κ3) is 6.48. The minimum Gasteiger partial charge on any atom is -0.263 e. The molecule has 2 aromatic rings. The van der Waals surface area contributed by atoms with Gasteiger partial charge in [0.05, 0.1) is 0 Å². The number of allylic oxidation sites excluding steroid dienone is 2. The largest absolute Gasteiger partial charge is 0.383 e.